The second-order valence-corrected chi connectivity index (χ2v) is 5.45. The third-order valence-corrected chi connectivity index (χ3v) is 4.19. The fourth-order valence-corrected chi connectivity index (χ4v) is 2.79. The minimum absolute atomic E-state index is 0.161. The summed E-state index contributed by atoms with van der Waals surface area (Å²) in [5.41, 5.74) is 7.39. The average molecular weight is 275 g/mol. The van der Waals surface area contributed by atoms with Gasteiger partial charge in [-0.05, 0) is 30.8 Å². The van der Waals surface area contributed by atoms with E-state index in [1.54, 1.807) is 0 Å². The van der Waals surface area contributed by atoms with Gasteiger partial charge in [-0.3, -0.25) is 4.79 Å². The van der Waals surface area contributed by atoms with Gasteiger partial charge >= 0.3 is 0 Å². The third kappa shape index (κ3) is 2.00. The maximum atomic E-state index is 11.5. The van der Waals surface area contributed by atoms with Crippen LogP contribution < -0.4 is 11.1 Å². The summed E-state index contributed by atoms with van der Waals surface area (Å²) in [4.78, 5) is 12.5. The summed E-state index contributed by atoms with van der Waals surface area (Å²) >= 11 is 1.50. The van der Waals surface area contributed by atoms with Crippen molar-refractivity contribution in [1.29, 1.82) is 0 Å². The summed E-state index contributed by atoms with van der Waals surface area (Å²) in [7, 11) is 1.92. The van der Waals surface area contributed by atoms with Crippen molar-refractivity contribution in [1.82, 2.24) is 14.8 Å². The van der Waals surface area contributed by atoms with Crippen molar-refractivity contribution in [3.05, 3.63) is 29.6 Å². The standard InChI is InChI=1S/C12H13N5OS/c1-6-15-16-12(17(6)2)19-7-3-4-8-9(5-7)14-11(18)10(8)13/h3-5,10H,13H2,1-2H3,(H,14,18). The molecule has 0 saturated heterocycles. The van der Waals surface area contributed by atoms with Crippen molar-refractivity contribution in [3.63, 3.8) is 0 Å². The van der Waals surface area contributed by atoms with Crippen LogP contribution in [0.2, 0.25) is 0 Å². The zero-order valence-electron chi connectivity index (χ0n) is 10.5. The van der Waals surface area contributed by atoms with Gasteiger partial charge in [-0.25, -0.2) is 0 Å². The largest absolute Gasteiger partial charge is 0.324 e. The van der Waals surface area contributed by atoms with Gasteiger partial charge in [0.1, 0.15) is 11.9 Å². The highest BCUT2D eigenvalue weighted by atomic mass is 32.2. The molecule has 0 radical (unpaired) electrons. The molecule has 98 valence electrons. The van der Waals surface area contributed by atoms with Crippen molar-refractivity contribution < 1.29 is 4.79 Å². The second kappa shape index (κ2) is 4.36. The minimum atomic E-state index is -0.564. The molecule has 1 aliphatic heterocycles. The van der Waals surface area contributed by atoms with Crippen LogP contribution in [0.25, 0.3) is 0 Å². The number of amides is 1. The lowest BCUT2D eigenvalue weighted by Gasteiger charge is -2.05. The van der Waals surface area contributed by atoms with Crippen molar-refractivity contribution in [2.75, 3.05) is 5.32 Å². The lowest BCUT2D eigenvalue weighted by Crippen LogP contribution is -2.19. The first-order valence-electron chi connectivity index (χ1n) is 5.80. The molecule has 2 heterocycles. The van der Waals surface area contributed by atoms with Crippen LogP contribution in [0.4, 0.5) is 5.69 Å². The number of carbonyl (C=O) groups is 1. The van der Waals surface area contributed by atoms with Crippen LogP contribution in [0.1, 0.15) is 17.4 Å². The summed E-state index contributed by atoms with van der Waals surface area (Å²) in [6, 6.07) is 5.16. The zero-order valence-corrected chi connectivity index (χ0v) is 11.4. The number of nitrogens with one attached hydrogen (secondary N) is 1. The number of fused-ring (bicyclic) bond motifs is 1. The number of benzene rings is 1. The van der Waals surface area contributed by atoms with Crippen molar-refractivity contribution >= 4 is 23.4 Å². The number of anilines is 1. The maximum Gasteiger partial charge on any atom is 0.245 e. The van der Waals surface area contributed by atoms with Crippen molar-refractivity contribution in [2.45, 2.75) is 23.0 Å². The average Bonchev–Trinajstić information content (AvgIpc) is 2.84. The van der Waals surface area contributed by atoms with E-state index < -0.39 is 6.04 Å². The summed E-state index contributed by atoms with van der Waals surface area (Å²) in [5, 5.41) is 11.7. The van der Waals surface area contributed by atoms with E-state index >= 15 is 0 Å². The van der Waals surface area contributed by atoms with E-state index in [9.17, 15) is 4.79 Å². The fourth-order valence-electron chi connectivity index (χ4n) is 1.91. The molecule has 7 heteroatoms. The third-order valence-electron chi connectivity index (χ3n) is 3.16. The van der Waals surface area contributed by atoms with Gasteiger partial charge in [0.2, 0.25) is 5.91 Å². The quantitative estimate of drug-likeness (QED) is 0.861. The molecule has 3 N–H and O–H groups in total. The molecule has 0 fully saturated rings. The van der Waals surface area contributed by atoms with Crippen LogP contribution in [-0.4, -0.2) is 20.7 Å². The Morgan fingerprint density at radius 1 is 1.42 bits per heavy atom. The van der Waals surface area contributed by atoms with Gasteiger partial charge in [0.15, 0.2) is 5.16 Å². The first-order chi connectivity index (χ1) is 9.06. The smallest absolute Gasteiger partial charge is 0.245 e. The molecule has 1 aromatic heterocycles. The van der Waals surface area contributed by atoms with Gasteiger partial charge in [0, 0.05) is 23.2 Å². The number of hydrogen-bond donors (Lipinski definition) is 2. The summed E-state index contributed by atoms with van der Waals surface area (Å²) < 4.78 is 1.92. The van der Waals surface area contributed by atoms with Crippen molar-refractivity contribution in [2.24, 2.45) is 12.8 Å². The van der Waals surface area contributed by atoms with E-state index in [1.807, 2.05) is 36.7 Å². The Balaban J connectivity index is 1.90. The molecule has 0 spiro atoms. The van der Waals surface area contributed by atoms with Gasteiger partial charge in [-0.15, -0.1) is 10.2 Å². The lowest BCUT2D eigenvalue weighted by molar-refractivity contribution is -0.116. The molecular formula is C12H13N5OS. The zero-order chi connectivity index (χ0) is 13.6. The molecule has 2 aromatic rings. The Kier molecular flexibility index (Phi) is 2.79. The first kappa shape index (κ1) is 12.2. The number of rotatable bonds is 2. The monoisotopic (exact) mass is 275 g/mol. The topological polar surface area (TPSA) is 85.8 Å². The highest BCUT2D eigenvalue weighted by Gasteiger charge is 2.27. The van der Waals surface area contributed by atoms with Crippen LogP contribution in [-0.2, 0) is 11.8 Å². The SMILES string of the molecule is Cc1nnc(Sc2ccc3c(c2)NC(=O)C3N)n1C. The minimum Gasteiger partial charge on any atom is -0.324 e. The predicted octanol–water partition coefficient (Wildman–Crippen LogP) is 1.23. The highest BCUT2D eigenvalue weighted by molar-refractivity contribution is 7.99. The number of aryl methyl sites for hydroxylation is 1. The number of hydrogen-bond acceptors (Lipinski definition) is 5. The van der Waals surface area contributed by atoms with E-state index in [-0.39, 0.29) is 5.91 Å². The number of nitrogens with two attached hydrogens (primary N) is 1. The molecule has 19 heavy (non-hydrogen) atoms. The molecular weight excluding hydrogens is 262 g/mol. The van der Waals surface area contributed by atoms with Crippen LogP contribution in [0.3, 0.4) is 0 Å². The molecule has 6 nitrogen and oxygen atoms in total. The van der Waals surface area contributed by atoms with Gasteiger partial charge in [-0.1, -0.05) is 6.07 Å². The molecule has 3 rings (SSSR count). The van der Waals surface area contributed by atoms with Gasteiger partial charge in [-0.2, -0.15) is 0 Å². The Morgan fingerprint density at radius 2 is 2.21 bits per heavy atom. The van der Waals surface area contributed by atoms with E-state index in [2.05, 4.69) is 15.5 Å². The van der Waals surface area contributed by atoms with Crippen LogP contribution in [0.15, 0.2) is 28.3 Å². The van der Waals surface area contributed by atoms with Gasteiger partial charge < -0.3 is 15.6 Å². The second-order valence-electron chi connectivity index (χ2n) is 4.41. The Labute approximate surface area is 114 Å². The normalized spacial score (nSPS) is 17.4. The van der Waals surface area contributed by atoms with E-state index in [0.717, 1.165) is 27.1 Å². The number of carbonyl (C=O) groups excluding carboxylic acids is 1. The number of nitrogens with zero attached hydrogens (tertiary/aromatic N) is 3. The number of aromatic nitrogens is 3. The van der Waals surface area contributed by atoms with E-state index in [4.69, 9.17) is 5.73 Å². The lowest BCUT2D eigenvalue weighted by atomic mass is 10.1. The summed E-state index contributed by atoms with van der Waals surface area (Å²) in [6.07, 6.45) is 0. The first-order valence-corrected chi connectivity index (χ1v) is 6.62. The maximum absolute atomic E-state index is 11.5. The van der Waals surface area contributed by atoms with Gasteiger partial charge in [0.25, 0.3) is 0 Å². The highest BCUT2D eigenvalue weighted by Crippen LogP contribution is 2.35. The van der Waals surface area contributed by atoms with Crippen LogP contribution in [0.5, 0.6) is 0 Å². The Morgan fingerprint density at radius 3 is 2.89 bits per heavy atom. The fraction of sp³-hybridized carbons (Fsp3) is 0.250. The van der Waals surface area contributed by atoms with E-state index in [1.165, 1.54) is 11.8 Å². The molecule has 0 aliphatic carbocycles. The van der Waals surface area contributed by atoms with Crippen LogP contribution in [0, 0.1) is 6.92 Å². The molecule has 0 saturated carbocycles. The molecule has 0 bridgehead atoms. The van der Waals surface area contributed by atoms with E-state index in [0.29, 0.717) is 0 Å². The summed E-state index contributed by atoms with van der Waals surface area (Å²) in [6.45, 7) is 1.90. The molecule has 1 amide bonds. The molecule has 1 aromatic carbocycles. The predicted molar refractivity (Wildman–Crippen MR) is 71.9 cm³/mol. The Bertz CT molecular complexity index is 666. The Hall–Kier alpha value is -1.86. The molecule has 1 atom stereocenters. The van der Waals surface area contributed by atoms with Crippen LogP contribution >= 0.6 is 11.8 Å². The van der Waals surface area contributed by atoms with Gasteiger partial charge in [0.05, 0.1) is 0 Å². The van der Waals surface area contributed by atoms with Crippen molar-refractivity contribution in [3.8, 4) is 0 Å². The molecule has 1 unspecified atom stereocenters. The summed E-state index contributed by atoms with van der Waals surface area (Å²) in [5.74, 6) is 0.700. The molecule has 1 aliphatic rings.